The summed E-state index contributed by atoms with van der Waals surface area (Å²) in [5.41, 5.74) is 2.58. The van der Waals surface area contributed by atoms with Gasteiger partial charge in [0.05, 0.1) is 0 Å². The third kappa shape index (κ3) is 3.91. The van der Waals surface area contributed by atoms with E-state index < -0.39 is 0 Å². The van der Waals surface area contributed by atoms with Crippen LogP contribution < -0.4 is 0 Å². The van der Waals surface area contributed by atoms with Crippen molar-refractivity contribution in [2.75, 3.05) is 13.1 Å². The highest BCUT2D eigenvalue weighted by Crippen LogP contribution is 1.83. The van der Waals surface area contributed by atoms with Gasteiger partial charge < -0.3 is 4.90 Å². The van der Waals surface area contributed by atoms with Crippen molar-refractivity contribution in [3.63, 3.8) is 0 Å². The number of hydrogen-bond acceptors (Lipinski definition) is 1. The van der Waals surface area contributed by atoms with Crippen molar-refractivity contribution in [1.82, 2.24) is 4.90 Å². The molecule has 49 valence electrons. The molecule has 0 atom stereocenters. The SMILES string of the molecule is C=CCN([C]=S)CC=C. The molecule has 1 nitrogen and oxygen atoms in total. The van der Waals surface area contributed by atoms with Crippen molar-refractivity contribution in [3.8, 4) is 0 Å². The minimum atomic E-state index is 0.746. The topological polar surface area (TPSA) is 3.24 Å². The molecule has 0 bridgehead atoms. The zero-order chi connectivity index (χ0) is 7.11. The maximum absolute atomic E-state index is 4.58. The molecule has 0 fully saturated rings. The van der Waals surface area contributed by atoms with Crippen molar-refractivity contribution in [2.24, 2.45) is 0 Å². The fourth-order valence-corrected chi connectivity index (χ4v) is 0.610. The summed E-state index contributed by atoms with van der Waals surface area (Å²) in [7, 11) is 0. The van der Waals surface area contributed by atoms with Crippen LogP contribution in [0.25, 0.3) is 0 Å². The predicted octanol–water partition coefficient (Wildman–Crippen LogP) is 1.49. The Balaban J connectivity index is 3.51. The van der Waals surface area contributed by atoms with E-state index in [1.54, 1.807) is 12.2 Å². The Bertz CT molecular complexity index is 99.5. The van der Waals surface area contributed by atoms with E-state index in [4.69, 9.17) is 0 Å². The molecule has 0 spiro atoms. The summed E-state index contributed by atoms with van der Waals surface area (Å²) in [5.74, 6) is 0. The highest BCUT2D eigenvalue weighted by molar-refractivity contribution is 7.78. The molecule has 2 heteroatoms. The second-order valence-electron chi connectivity index (χ2n) is 1.57. The molecule has 0 N–H and O–H groups in total. The van der Waals surface area contributed by atoms with Crippen molar-refractivity contribution >= 4 is 17.7 Å². The van der Waals surface area contributed by atoms with E-state index in [1.807, 2.05) is 4.90 Å². The molecule has 0 rings (SSSR count). The van der Waals surface area contributed by atoms with Crippen LogP contribution in [0.4, 0.5) is 0 Å². The minimum Gasteiger partial charge on any atom is -0.353 e. The molecule has 0 aliphatic carbocycles. The molecule has 0 aliphatic rings. The van der Waals surface area contributed by atoms with Gasteiger partial charge in [-0.3, -0.25) is 0 Å². The Morgan fingerprint density at radius 1 is 1.33 bits per heavy atom. The molecule has 0 saturated carbocycles. The van der Waals surface area contributed by atoms with Crippen LogP contribution >= 0.6 is 12.2 Å². The Morgan fingerprint density at radius 2 is 1.78 bits per heavy atom. The lowest BCUT2D eigenvalue weighted by Crippen LogP contribution is -2.20. The van der Waals surface area contributed by atoms with Crippen LogP contribution in [0.1, 0.15) is 0 Å². The first kappa shape index (κ1) is 8.37. The fourth-order valence-electron chi connectivity index (χ4n) is 0.461. The third-order valence-corrected chi connectivity index (χ3v) is 1.09. The maximum Gasteiger partial charge on any atom is 0.137 e. The lowest BCUT2D eigenvalue weighted by molar-refractivity contribution is 0.537. The van der Waals surface area contributed by atoms with E-state index in [1.165, 1.54) is 0 Å². The van der Waals surface area contributed by atoms with Gasteiger partial charge in [-0.15, -0.1) is 13.2 Å². The molecule has 0 aromatic carbocycles. The lowest BCUT2D eigenvalue weighted by atomic mass is 10.5. The van der Waals surface area contributed by atoms with Gasteiger partial charge in [0, 0.05) is 13.1 Å². The quantitative estimate of drug-likeness (QED) is 0.323. The van der Waals surface area contributed by atoms with Crippen molar-refractivity contribution in [2.45, 2.75) is 0 Å². The van der Waals surface area contributed by atoms with E-state index in [9.17, 15) is 0 Å². The van der Waals surface area contributed by atoms with Crippen LogP contribution in [0.5, 0.6) is 0 Å². The maximum atomic E-state index is 4.58. The highest BCUT2D eigenvalue weighted by Gasteiger charge is 1.89. The van der Waals surface area contributed by atoms with E-state index in [0.29, 0.717) is 0 Å². The summed E-state index contributed by atoms with van der Waals surface area (Å²) in [4.78, 5) is 1.81. The molecular formula is C7H10NS. The summed E-state index contributed by atoms with van der Waals surface area (Å²) >= 11 is 4.58. The third-order valence-electron chi connectivity index (χ3n) is 0.828. The standard InChI is InChI=1S/C7H10NS/c1-3-5-8(7-9)6-4-2/h3-4H,1-2,5-6H2. The average molecular weight is 140 g/mol. The molecule has 0 saturated heterocycles. The van der Waals surface area contributed by atoms with Crippen LogP contribution in [0.3, 0.4) is 0 Å². The molecule has 0 aromatic rings. The normalized spacial score (nSPS) is 8.00. The molecule has 0 aromatic heterocycles. The van der Waals surface area contributed by atoms with Gasteiger partial charge in [-0.1, -0.05) is 24.4 Å². The smallest absolute Gasteiger partial charge is 0.137 e. The zero-order valence-corrected chi connectivity index (χ0v) is 6.16. The van der Waals surface area contributed by atoms with E-state index in [2.05, 4.69) is 30.9 Å². The summed E-state index contributed by atoms with van der Waals surface area (Å²) in [5, 5.41) is 0. The molecule has 9 heavy (non-hydrogen) atoms. The van der Waals surface area contributed by atoms with Gasteiger partial charge in [-0.2, -0.15) is 0 Å². The van der Waals surface area contributed by atoms with Gasteiger partial charge >= 0.3 is 0 Å². The summed E-state index contributed by atoms with van der Waals surface area (Å²) in [6, 6.07) is 0. The Labute approximate surface area is 61.7 Å². The molecular weight excluding hydrogens is 130 g/mol. The lowest BCUT2D eigenvalue weighted by Gasteiger charge is -2.11. The van der Waals surface area contributed by atoms with Crippen LogP contribution in [-0.2, 0) is 0 Å². The predicted molar refractivity (Wildman–Crippen MR) is 44.6 cm³/mol. The van der Waals surface area contributed by atoms with Crippen LogP contribution in [-0.4, -0.2) is 23.5 Å². The Hall–Kier alpha value is -0.630. The molecule has 0 heterocycles. The van der Waals surface area contributed by atoms with Crippen LogP contribution in [0.15, 0.2) is 25.3 Å². The largest absolute Gasteiger partial charge is 0.353 e. The Morgan fingerprint density at radius 3 is 2.00 bits per heavy atom. The molecule has 1 radical (unpaired) electrons. The monoisotopic (exact) mass is 140 g/mol. The van der Waals surface area contributed by atoms with E-state index in [0.717, 1.165) is 13.1 Å². The van der Waals surface area contributed by atoms with Gasteiger partial charge in [0.25, 0.3) is 0 Å². The summed E-state index contributed by atoms with van der Waals surface area (Å²) in [6.45, 7) is 8.63. The van der Waals surface area contributed by atoms with Crippen LogP contribution in [0.2, 0.25) is 0 Å². The van der Waals surface area contributed by atoms with Gasteiger partial charge in [-0.05, 0) is 0 Å². The van der Waals surface area contributed by atoms with E-state index >= 15 is 0 Å². The number of rotatable bonds is 5. The van der Waals surface area contributed by atoms with Crippen LogP contribution in [0, 0.1) is 0 Å². The molecule has 0 aliphatic heterocycles. The van der Waals surface area contributed by atoms with Gasteiger partial charge in [-0.25, -0.2) is 0 Å². The van der Waals surface area contributed by atoms with Crippen molar-refractivity contribution < 1.29 is 0 Å². The fraction of sp³-hybridized carbons (Fsp3) is 0.286. The average Bonchev–Trinajstić information content (AvgIpc) is 1.88. The molecule has 0 amide bonds. The number of hydrogen-bond donors (Lipinski definition) is 0. The second-order valence-corrected chi connectivity index (χ2v) is 1.76. The van der Waals surface area contributed by atoms with Gasteiger partial charge in [0.2, 0.25) is 0 Å². The summed E-state index contributed by atoms with van der Waals surface area (Å²) in [6.07, 6.45) is 3.56. The minimum absolute atomic E-state index is 0.746. The zero-order valence-electron chi connectivity index (χ0n) is 5.34. The summed E-state index contributed by atoms with van der Waals surface area (Å²) < 4.78 is 0. The van der Waals surface area contributed by atoms with E-state index in [-0.39, 0.29) is 0 Å². The number of thiocarbonyl (C=S) groups is 1. The first-order valence-corrected chi connectivity index (χ1v) is 3.10. The molecule has 0 unspecified atom stereocenters. The highest BCUT2D eigenvalue weighted by atomic mass is 32.1. The van der Waals surface area contributed by atoms with Crippen molar-refractivity contribution in [3.05, 3.63) is 25.3 Å². The Kier molecular flexibility index (Phi) is 5.12. The second kappa shape index (κ2) is 5.51. The van der Waals surface area contributed by atoms with Gasteiger partial charge in [0.15, 0.2) is 0 Å². The first-order valence-electron chi connectivity index (χ1n) is 2.69. The van der Waals surface area contributed by atoms with Crippen molar-refractivity contribution in [1.29, 1.82) is 0 Å². The van der Waals surface area contributed by atoms with Gasteiger partial charge in [0.1, 0.15) is 5.49 Å². The number of nitrogens with zero attached hydrogens (tertiary/aromatic N) is 1. The first-order chi connectivity index (χ1) is 4.35.